The zero-order valence-corrected chi connectivity index (χ0v) is 19.6. The Morgan fingerprint density at radius 2 is 1.76 bits per heavy atom. The summed E-state index contributed by atoms with van der Waals surface area (Å²) in [5, 5.41) is 4.57. The Morgan fingerprint density at radius 3 is 2.47 bits per heavy atom. The number of carbonyl (C=O) groups excluding carboxylic acids is 3. The summed E-state index contributed by atoms with van der Waals surface area (Å²) in [6.07, 6.45) is 0.668. The molecule has 0 bridgehead atoms. The van der Waals surface area contributed by atoms with Crippen LogP contribution >= 0.6 is 11.3 Å². The van der Waals surface area contributed by atoms with Gasteiger partial charge >= 0.3 is 5.97 Å². The molecule has 0 spiro atoms. The van der Waals surface area contributed by atoms with Gasteiger partial charge in [-0.1, -0.05) is 12.1 Å². The lowest BCUT2D eigenvalue weighted by molar-refractivity contribution is -0.135. The zero-order valence-electron chi connectivity index (χ0n) is 18.8. The molecule has 8 nitrogen and oxygen atoms in total. The van der Waals surface area contributed by atoms with Gasteiger partial charge in [0.2, 0.25) is 0 Å². The van der Waals surface area contributed by atoms with Crippen molar-refractivity contribution in [3.63, 3.8) is 0 Å². The molecule has 0 aliphatic carbocycles. The van der Waals surface area contributed by atoms with Crippen molar-refractivity contribution in [1.82, 2.24) is 4.90 Å². The van der Waals surface area contributed by atoms with E-state index in [0.29, 0.717) is 41.6 Å². The monoisotopic (exact) mass is 480 g/mol. The molecule has 0 saturated carbocycles. The van der Waals surface area contributed by atoms with Crippen LogP contribution in [0.3, 0.4) is 0 Å². The lowest BCUT2D eigenvalue weighted by atomic mass is 9.99. The van der Waals surface area contributed by atoms with E-state index in [1.165, 1.54) is 17.4 Å². The van der Waals surface area contributed by atoms with E-state index in [0.717, 1.165) is 11.1 Å². The summed E-state index contributed by atoms with van der Waals surface area (Å²) in [7, 11) is 3.16. The molecule has 2 heterocycles. The molecule has 4 rings (SSSR count). The van der Waals surface area contributed by atoms with E-state index in [1.807, 2.05) is 17.5 Å². The van der Waals surface area contributed by atoms with E-state index in [2.05, 4.69) is 5.32 Å². The fourth-order valence-corrected chi connectivity index (χ4v) is 4.34. The first-order valence-corrected chi connectivity index (χ1v) is 11.5. The number of esters is 1. The van der Waals surface area contributed by atoms with Crippen molar-refractivity contribution in [2.24, 2.45) is 0 Å². The summed E-state index contributed by atoms with van der Waals surface area (Å²) in [6, 6.07) is 13.7. The molecule has 9 heteroatoms. The third kappa shape index (κ3) is 5.20. The van der Waals surface area contributed by atoms with E-state index < -0.39 is 5.97 Å². The average Bonchev–Trinajstić information content (AvgIpc) is 3.41. The zero-order chi connectivity index (χ0) is 24.1. The SMILES string of the molecule is COc1cc2c(cc1OC)CN(C(=O)COC(=O)c1cccc(NC(=O)c3cccs3)c1)CC2. The van der Waals surface area contributed by atoms with Crippen molar-refractivity contribution in [2.45, 2.75) is 13.0 Å². The van der Waals surface area contributed by atoms with E-state index in [9.17, 15) is 14.4 Å². The number of benzene rings is 2. The Bertz CT molecular complexity index is 1210. The smallest absolute Gasteiger partial charge is 0.338 e. The third-order valence-corrected chi connectivity index (χ3v) is 6.37. The van der Waals surface area contributed by atoms with Gasteiger partial charge < -0.3 is 24.4 Å². The van der Waals surface area contributed by atoms with Crippen LogP contribution in [0.4, 0.5) is 5.69 Å². The van der Waals surface area contributed by atoms with E-state index in [-0.39, 0.29) is 24.0 Å². The fourth-order valence-electron chi connectivity index (χ4n) is 3.72. The first-order chi connectivity index (χ1) is 16.5. The molecule has 0 saturated heterocycles. The molecule has 2 amide bonds. The van der Waals surface area contributed by atoms with Crippen molar-refractivity contribution in [3.8, 4) is 11.5 Å². The van der Waals surface area contributed by atoms with Crippen LogP contribution in [-0.2, 0) is 22.5 Å². The average molecular weight is 481 g/mol. The van der Waals surface area contributed by atoms with Gasteiger partial charge in [-0.3, -0.25) is 9.59 Å². The maximum atomic E-state index is 12.7. The van der Waals surface area contributed by atoms with Crippen molar-refractivity contribution in [1.29, 1.82) is 0 Å². The molecule has 0 atom stereocenters. The summed E-state index contributed by atoms with van der Waals surface area (Å²) in [6.45, 7) is 0.548. The molecule has 1 aliphatic heterocycles. The van der Waals surface area contributed by atoms with Gasteiger partial charge in [-0.25, -0.2) is 4.79 Å². The van der Waals surface area contributed by atoms with Crippen molar-refractivity contribution in [3.05, 3.63) is 75.5 Å². The Labute approximate surface area is 201 Å². The minimum absolute atomic E-state index is 0.248. The number of nitrogens with zero attached hydrogens (tertiary/aromatic N) is 1. The summed E-state index contributed by atoms with van der Waals surface area (Å²) in [5.41, 5.74) is 2.78. The number of fused-ring (bicyclic) bond motifs is 1. The van der Waals surface area contributed by atoms with Crippen molar-refractivity contribution >= 4 is 34.8 Å². The number of thiophene rings is 1. The Hall–Kier alpha value is -3.85. The highest BCUT2D eigenvalue weighted by molar-refractivity contribution is 7.12. The highest BCUT2D eigenvalue weighted by Crippen LogP contribution is 2.33. The number of hydrogen-bond donors (Lipinski definition) is 1. The van der Waals surface area contributed by atoms with Gasteiger partial charge in [0.05, 0.1) is 24.7 Å². The Morgan fingerprint density at radius 1 is 1.00 bits per heavy atom. The van der Waals surface area contributed by atoms with Gasteiger partial charge in [0.15, 0.2) is 18.1 Å². The Balaban J connectivity index is 1.34. The minimum atomic E-state index is -0.635. The van der Waals surface area contributed by atoms with Gasteiger partial charge in [0, 0.05) is 18.8 Å². The van der Waals surface area contributed by atoms with Gasteiger partial charge in [-0.05, 0) is 59.3 Å². The molecular weight excluding hydrogens is 456 g/mol. The number of anilines is 1. The number of ether oxygens (including phenoxy) is 3. The highest BCUT2D eigenvalue weighted by atomic mass is 32.1. The van der Waals surface area contributed by atoms with Crippen LogP contribution in [0.15, 0.2) is 53.9 Å². The minimum Gasteiger partial charge on any atom is -0.493 e. The summed E-state index contributed by atoms with van der Waals surface area (Å²) < 4.78 is 16.0. The second-order valence-electron chi connectivity index (χ2n) is 7.63. The quantitative estimate of drug-likeness (QED) is 0.518. The lowest BCUT2D eigenvalue weighted by Gasteiger charge is -2.29. The van der Waals surface area contributed by atoms with Crippen LogP contribution in [0.2, 0.25) is 0 Å². The third-order valence-electron chi connectivity index (χ3n) is 5.50. The largest absolute Gasteiger partial charge is 0.493 e. The molecular formula is C25H24N2O6S. The fraction of sp³-hybridized carbons (Fsp3) is 0.240. The number of rotatable bonds is 7. The maximum Gasteiger partial charge on any atom is 0.338 e. The first-order valence-electron chi connectivity index (χ1n) is 10.6. The number of methoxy groups -OCH3 is 2. The number of amides is 2. The number of carbonyl (C=O) groups is 3. The lowest BCUT2D eigenvalue weighted by Crippen LogP contribution is -2.38. The molecule has 1 N–H and O–H groups in total. The predicted octanol–water partition coefficient (Wildman–Crippen LogP) is 3.76. The van der Waals surface area contributed by atoms with Gasteiger partial charge in [0.1, 0.15) is 0 Å². The van der Waals surface area contributed by atoms with Crippen LogP contribution < -0.4 is 14.8 Å². The second kappa shape index (κ2) is 10.4. The van der Waals surface area contributed by atoms with Crippen LogP contribution in [0.1, 0.15) is 31.2 Å². The maximum absolute atomic E-state index is 12.7. The van der Waals surface area contributed by atoms with Crippen molar-refractivity contribution in [2.75, 3.05) is 32.7 Å². The first kappa shape index (κ1) is 23.3. The molecule has 34 heavy (non-hydrogen) atoms. The number of hydrogen-bond acceptors (Lipinski definition) is 7. The molecule has 1 aromatic heterocycles. The van der Waals surface area contributed by atoms with E-state index >= 15 is 0 Å². The number of nitrogens with one attached hydrogen (secondary N) is 1. The van der Waals surface area contributed by atoms with Gasteiger partial charge in [-0.2, -0.15) is 0 Å². The molecule has 0 fully saturated rings. The summed E-state index contributed by atoms with van der Waals surface area (Å²) in [4.78, 5) is 39.7. The van der Waals surface area contributed by atoms with Crippen molar-refractivity contribution < 1.29 is 28.6 Å². The van der Waals surface area contributed by atoms with Crippen LogP contribution in [0.25, 0.3) is 0 Å². The summed E-state index contributed by atoms with van der Waals surface area (Å²) in [5.74, 6) is 0.0902. The Kier molecular flexibility index (Phi) is 7.12. The normalized spacial score (nSPS) is 12.5. The molecule has 0 unspecified atom stereocenters. The standard InChI is InChI=1S/C25H24N2O6S/c1-31-20-12-16-8-9-27(14-18(16)13-21(20)32-2)23(28)15-33-25(30)17-5-3-6-19(11-17)26-24(29)22-7-4-10-34-22/h3-7,10-13H,8-9,14-15H2,1-2H3,(H,26,29). The predicted molar refractivity (Wildman–Crippen MR) is 128 cm³/mol. The molecule has 2 aromatic carbocycles. The van der Waals surface area contributed by atoms with Crippen LogP contribution in [-0.4, -0.2) is 50.1 Å². The highest BCUT2D eigenvalue weighted by Gasteiger charge is 2.24. The van der Waals surface area contributed by atoms with Crippen LogP contribution in [0, 0.1) is 0 Å². The van der Waals surface area contributed by atoms with Gasteiger partial charge in [0.25, 0.3) is 11.8 Å². The van der Waals surface area contributed by atoms with Crippen LogP contribution in [0.5, 0.6) is 11.5 Å². The van der Waals surface area contributed by atoms with E-state index in [4.69, 9.17) is 14.2 Å². The molecule has 1 aliphatic rings. The molecule has 0 radical (unpaired) electrons. The van der Waals surface area contributed by atoms with E-state index in [1.54, 1.807) is 49.5 Å². The topological polar surface area (TPSA) is 94.2 Å². The summed E-state index contributed by atoms with van der Waals surface area (Å²) >= 11 is 1.33. The van der Waals surface area contributed by atoms with Gasteiger partial charge in [-0.15, -0.1) is 11.3 Å². The molecule has 3 aromatic rings. The molecule has 176 valence electrons. The second-order valence-corrected chi connectivity index (χ2v) is 8.58.